The van der Waals surface area contributed by atoms with E-state index in [0.29, 0.717) is 12.1 Å². The van der Waals surface area contributed by atoms with Crippen LogP contribution in [0, 0.1) is 5.92 Å². The Morgan fingerprint density at radius 2 is 2.26 bits per heavy atom. The Kier molecular flexibility index (Phi) is 4.07. The maximum Gasteiger partial charge on any atom is 0.160 e. The van der Waals surface area contributed by atoms with Crippen LogP contribution in [0.1, 0.15) is 38.6 Å². The van der Waals surface area contributed by atoms with Crippen LogP contribution >= 0.6 is 0 Å². The van der Waals surface area contributed by atoms with Crippen LogP contribution in [0.25, 0.3) is 11.2 Å². The zero-order chi connectivity index (χ0) is 15.8. The number of likely N-dealkylation sites (tertiary alicyclic amines) is 1. The van der Waals surface area contributed by atoms with Crippen molar-refractivity contribution in [3.05, 3.63) is 24.2 Å². The van der Waals surface area contributed by atoms with Gasteiger partial charge in [-0.05, 0) is 57.8 Å². The molecule has 2 aromatic heterocycles. The molecule has 2 aromatic rings. The quantitative estimate of drug-likeness (QED) is 0.940. The molecule has 0 aromatic carbocycles. The molecule has 4 rings (SSSR count). The van der Waals surface area contributed by atoms with Gasteiger partial charge in [-0.2, -0.15) is 0 Å². The van der Waals surface area contributed by atoms with E-state index in [4.69, 9.17) is 4.98 Å². The molecule has 2 unspecified atom stereocenters. The van der Waals surface area contributed by atoms with Gasteiger partial charge in [-0.1, -0.05) is 0 Å². The number of hydrogen-bond donors (Lipinski definition) is 1. The summed E-state index contributed by atoms with van der Waals surface area (Å²) in [4.78, 5) is 12.2. The molecule has 2 atom stereocenters. The third-order valence-corrected chi connectivity index (χ3v) is 5.44. The van der Waals surface area contributed by atoms with E-state index >= 15 is 0 Å². The van der Waals surface area contributed by atoms with Gasteiger partial charge in [0.15, 0.2) is 5.65 Å². The van der Waals surface area contributed by atoms with Crippen molar-refractivity contribution in [2.45, 2.75) is 45.2 Å². The summed E-state index contributed by atoms with van der Waals surface area (Å²) in [6.45, 7) is 9.17. The second-order valence-electron chi connectivity index (χ2n) is 7.34. The molecule has 0 aliphatic carbocycles. The molecule has 0 radical (unpaired) electrons. The molecule has 0 spiro atoms. The molecule has 5 heteroatoms. The van der Waals surface area contributed by atoms with Crippen molar-refractivity contribution in [1.29, 1.82) is 0 Å². The van der Waals surface area contributed by atoms with Gasteiger partial charge in [0, 0.05) is 31.7 Å². The van der Waals surface area contributed by atoms with Gasteiger partial charge < -0.3 is 14.8 Å². The Balaban J connectivity index is 1.62. The van der Waals surface area contributed by atoms with Crippen LogP contribution in [0.3, 0.4) is 0 Å². The van der Waals surface area contributed by atoms with Crippen molar-refractivity contribution < 1.29 is 0 Å². The van der Waals surface area contributed by atoms with E-state index in [1.165, 1.54) is 31.8 Å². The van der Waals surface area contributed by atoms with Crippen molar-refractivity contribution in [2.24, 2.45) is 5.92 Å². The molecule has 4 heterocycles. The van der Waals surface area contributed by atoms with E-state index in [1.54, 1.807) is 0 Å². The monoisotopic (exact) mass is 313 g/mol. The van der Waals surface area contributed by atoms with Gasteiger partial charge in [-0.15, -0.1) is 0 Å². The molecule has 2 saturated heterocycles. The molecule has 1 N–H and O–H groups in total. The molecule has 124 valence electrons. The van der Waals surface area contributed by atoms with Crippen LogP contribution < -0.4 is 5.32 Å². The highest BCUT2D eigenvalue weighted by Gasteiger charge is 2.28. The van der Waals surface area contributed by atoms with E-state index in [9.17, 15) is 0 Å². The van der Waals surface area contributed by atoms with Crippen molar-refractivity contribution in [1.82, 2.24) is 24.8 Å². The fourth-order valence-electron chi connectivity index (χ4n) is 4.12. The van der Waals surface area contributed by atoms with Crippen LogP contribution in [0.4, 0.5) is 0 Å². The molecular formula is C18H27N5. The number of nitrogens with zero attached hydrogens (tertiary/aromatic N) is 4. The van der Waals surface area contributed by atoms with Crippen LogP contribution in [-0.4, -0.2) is 51.7 Å². The largest absolute Gasteiger partial charge is 0.315 e. The van der Waals surface area contributed by atoms with E-state index < -0.39 is 0 Å². The predicted molar refractivity (Wildman–Crippen MR) is 92.6 cm³/mol. The molecular weight excluding hydrogens is 286 g/mol. The Labute approximate surface area is 138 Å². The van der Waals surface area contributed by atoms with Gasteiger partial charge in [0.25, 0.3) is 0 Å². The number of imidazole rings is 1. The zero-order valence-corrected chi connectivity index (χ0v) is 14.2. The Hall–Kier alpha value is -1.46. The SMILES string of the molecule is CC(C)N1CCC(Cc2nc3cccnc3n2C2CCNC2)C1. The topological polar surface area (TPSA) is 46.0 Å². The van der Waals surface area contributed by atoms with Crippen LogP contribution in [0.2, 0.25) is 0 Å². The van der Waals surface area contributed by atoms with Crippen LogP contribution in [0.15, 0.2) is 18.3 Å². The number of pyridine rings is 1. The standard InChI is InChI=1S/C18H27N5/c1-13(2)22-9-6-14(12-22)10-17-21-16-4-3-7-20-18(16)23(17)15-5-8-19-11-15/h3-4,7,13-15,19H,5-6,8-12H2,1-2H3. The third-order valence-electron chi connectivity index (χ3n) is 5.44. The van der Waals surface area contributed by atoms with Gasteiger partial charge in [-0.3, -0.25) is 0 Å². The molecule has 0 saturated carbocycles. The summed E-state index contributed by atoms with van der Waals surface area (Å²) in [7, 11) is 0. The molecule has 5 nitrogen and oxygen atoms in total. The molecule has 2 fully saturated rings. The summed E-state index contributed by atoms with van der Waals surface area (Å²) in [5.41, 5.74) is 2.11. The highest BCUT2D eigenvalue weighted by Crippen LogP contribution is 2.28. The Morgan fingerprint density at radius 3 is 3.00 bits per heavy atom. The first-order chi connectivity index (χ1) is 11.2. The van der Waals surface area contributed by atoms with E-state index in [0.717, 1.165) is 36.6 Å². The Bertz CT molecular complexity index is 671. The molecule has 23 heavy (non-hydrogen) atoms. The third kappa shape index (κ3) is 2.88. The number of rotatable bonds is 4. The maximum atomic E-state index is 4.94. The zero-order valence-electron chi connectivity index (χ0n) is 14.2. The fourth-order valence-corrected chi connectivity index (χ4v) is 4.12. The lowest BCUT2D eigenvalue weighted by molar-refractivity contribution is 0.264. The van der Waals surface area contributed by atoms with E-state index in [-0.39, 0.29) is 0 Å². The first kappa shape index (κ1) is 15.1. The lowest BCUT2D eigenvalue weighted by atomic mass is 10.0. The first-order valence-corrected chi connectivity index (χ1v) is 8.99. The molecule has 2 aliphatic rings. The summed E-state index contributed by atoms with van der Waals surface area (Å²) in [5.74, 6) is 1.96. The van der Waals surface area contributed by atoms with Gasteiger partial charge in [0.1, 0.15) is 11.3 Å². The fraction of sp³-hybridized carbons (Fsp3) is 0.667. The summed E-state index contributed by atoms with van der Waals surface area (Å²) >= 11 is 0. The lowest BCUT2D eigenvalue weighted by Crippen LogP contribution is -2.28. The van der Waals surface area contributed by atoms with Gasteiger partial charge in [-0.25, -0.2) is 9.97 Å². The van der Waals surface area contributed by atoms with Gasteiger partial charge in [0.05, 0.1) is 6.04 Å². The summed E-state index contributed by atoms with van der Waals surface area (Å²) in [6.07, 6.45) is 5.44. The van der Waals surface area contributed by atoms with Crippen molar-refractivity contribution >= 4 is 11.2 Å². The number of fused-ring (bicyclic) bond motifs is 1. The molecule has 0 bridgehead atoms. The first-order valence-electron chi connectivity index (χ1n) is 8.99. The summed E-state index contributed by atoms with van der Waals surface area (Å²) in [5, 5.41) is 3.48. The van der Waals surface area contributed by atoms with Crippen molar-refractivity contribution in [3.63, 3.8) is 0 Å². The van der Waals surface area contributed by atoms with Crippen LogP contribution in [0.5, 0.6) is 0 Å². The summed E-state index contributed by atoms with van der Waals surface area (Å²) < 4.78 is 2.42. The molecule has 0 amide bonds. The normalized spacial score (nSPS) is 25.9. The maximum absolute atomic E-state index is 4.94. The van der Waals surface area contributed by atoms with Crippen molar-refractivity contribution in [2.75, 3.05) is 26.2 Å². The minimum atomic E-state index is 0.507. The van der Waals surface area contributed by atoms with E-state index in [2.05, 4.69) is 39.7 Å². The smallest absolute Gasteiger partial charge is 0.160 e. The predicted octanol–water partition coefficient (Wildman–Crippen LogP) is 2.24. The molecule has 2 aliphatic heterocycles. The van der Waals surface area contributed by atoms with Gasteiger partial charge in [0.2, 0.25) is 0 Å². The highest BCUT2D eigenvalue weighted by atomic mass is 15.2. The van der Waals surface area contributed by atoms with Crippen LogP contribution in [-0.2, 0) is 6.42 Å². The number of hydrogen-bond acceptors (Lipinski definition) is 4. The summed E-state index contributed by atoms with van der Waals surface area (Å²) in [6, 6.07) is 5.25. The Morgan fingerprint density at radius 1 is 1.35 bits per heavy atom. The minimum absolute atomic E-state index is 0.507. The second-order valence-corrected chi connectivity index (χ2v) is 7.34. The number of aromatic nitrogens is 3. The van der Waals surface area contributed by atoms with Crippen molar-refractivity contribution in [3.8, 4) is 0 Å². The number of nitrogens with one attached hydrogen (secondary N) is 1. The average Bonchev–Trinajstić information content (AvgIpc) is 3.25. The van der Waals surface area contributed by atoms with E-state index in [1.807, 2.05) is 12.3 Å². The second kappa shape index (κ2) is 6.21. The van der Waals surface area contributed by atoms with Gasteiger partial charge >= 0.3 is 0 Å². The minimum Gasteiger partial charge on any atom is -0.315 e. The average molecular weight is 313 g/mol. The lowest BCUT2D eigenvalue weighted by Gasteiger charge is -2.21. The highest BCUT2D eigenvalue weighted by molar-refractivity contribution is 5.71.